The number of rotatable bonds is 53. The number of carbonyl (C=O) groups is 1. The molecule has 0 bridgehead atoms. The Morgan fingerprint density at radius 2 is 0.722 bits per heavy atom. The molecule has 550 valence electrons. The van der Waals surface area contributed by atoms with Crippen LogP contribution in [0.3, 0.4) is 0 Å². The highest BCUT2D eigenvalue weighted by Crippen LogP contribution is 2.33. The molecular weight excluding hydrogens is 1240 g/mol. The van der Waals surface area contributed by atoms with E-state index in [2.05, 4.69) is 165 Å². The van der Waals surface area contributed by atoms with E-state index in [0.717, 1.165) is 128 Å². The molecule has 3 heterocycles. The topological polar surface area (TPSA) is 307 Å². The summed E-state index contributed by atoms with van der Waals surface area (Å²) >= 11 is 0. The first kappa shape index (κ1) is 86.6. The number of hydrogen-bond acceptors (Lipinski definition) is 18. The molecule has 0 spiro atoms. The lowest BCUT2D eigenvalue weighted by atomic mass is 9.96. The van der Waals surface area contributed by atoms with Crippen molar-refractivity contribution in [2.75, 3.05) is 26.4 Å². The summed E-state index contributed by atoms with van der Waals surface area (Å²) in [7, 11) is 0. The zero-order valence-corrected chi connectivity index (χ0v) is 58.2. The molecule has 3 saturated heterocycles. The molecule has 0 aromatic carbocycles. The van der Waals surface area contributed by atoms with Crippen LogP contribution < -0.4 is 5.32 Å². The van der Waals surface area contributed by atoms with E-state index in [1.165, 1.54) is 32.1 Å². The highest BCUT2D eigenvalue weighted by atomic mass is 16.8. The lowest BCUT2D eigenvalue weighted by Crippen LogP contribution is -2.66. The van der Waals surface area contributed by atoms with E-state index in [1.807, 2.05) is 6.08 Å². The number of unbranched alkanes of at least 4 members (excludes halogenated alkanes) is 13. The van der Waals surface area contributed by atoms with Crippen LogP contribution in [0.15, 0.2) is 158 Å². The molecule has 0 aromatic rings. The van der Waals surface area contributed by atoms with Gasteiger partial charge in [-0.2, -0.15) is 0 Å². The van der Waals surface area contributed by atoms with Gasteiger partial charge in [0.15, 0.2) is 18.9 Å². The molecule has 19 heteroatoms. The summed E-state index contributed by atoms with van der Waals surface area (Å²) in [5.74, 6) is -0.313. The number of aliphatic hydroxyl groups is 11. The molecule has 3 aliphatic rings. The Kier molecular flexibility index (Phi) is 51.0. The van der Waals surface area contributed by atoms with Crippen LogP contribution >= 0.6 is 0 Å². The van der Waals surface area contributed by atoms with E-state index in [0.29, 0.717) is 12.8 Å². The van der Waals surface area contributed by atoms with Crippen molar-refractivity contribution in [1.82, 2.24) is 5.32 Å². The van der Waals surface area contributed by atoms with Crippen LogP contribution in [0.1, 0.15) is 194 Å². The Hall–Kier alpha value is -4.59. The largest absolute Gasteiger partial charge is 0.394 e. The van der Waals surface area contributed by atoms with Gasteiger partial charge in [0.1, 0.15) is 73.2 Å². The lowest BCUT2D eigenvalue weighted by Gasteiger charge is -2.48. The maximum atomic E-state index is 13.4. The molecule has 1 amide bonds. The Bertz CT molecular complexity index is 2370. The van der Waals surface area contributed by atoms with Gasteiger partial charge in [-0.05, 0) is 122 Å². The number of hydrogen-bond donors (Lipinski definition) is 12. The first-order chi connectivity index (χ1) is 47.3. The average molecular weight is 1360 g/mol. The van der Waals surface area contributed by atoms with E-state index in [4.69, 9.17) is 28.4 Å². The maximum Gasteiger partial charge on any atom is 0.220 e. The molecule has 0 aromatic heterocycles. The predicted molar refractivity (Wildman–Crippen MR) is 382 cm³/mol. The highest BCUT2D eigenvalue weighted by Gasteiger charge is 2.53. The van der Waals surface area contributed by atoms with Crippen molar-refractivity contribution in [2.45, 2.75) is 298 Å². The molecule has 3 rings (SSSR count). The highest BCUT2D eigenvalue weighted by molar-refractivity contribution is 5.76. The standard InChI is InChI=1S/C78H125NO18/c1-3-5-7-9-11-13-15-17-19-20-21-22-23-24-25-26-27-28-29-30-31-32-33-34-35-36-37-38-39-40-42-44-46-48-50-52-54-56-66(84)79-61(62(83)55-53-51-49-47-45-43-41-18-16-14-12-10-8-6-4-2)60-92-76-72(90)69(87)74(64(58-81)94-76)97-78-73(91)70(88)75(65(59-82)95-78)96-77-71(89)68(86)67(85)63(57-80)93-77/h5,7,11,13,16-19,21-22,24-25,27-28,30-31,33-34,36-37,39-40,45,47,53,55,61-65,67-78,80-83,85-91H,3-4,6,8-10,12,14-15,20,23,26,29,32,35,38,41-44,46,48-52,54,56-60H2,1-2H3,(H,79,84)/b7-5-,13-11-,18-16+,19-17-,22-21-,25-24-,28-27-,31-30-,34-33-,37-36-,40-39-,47-45+,55-53+. The van der Waals surface area contributed by atoms with Gasteiger partial charge in [0, 0.05) is 6.42 Å². The molecular formula is C78H125NO18. The first-order valence-corrected chi connectivity index (χ1v) is 36.2. The molecule has 3 aliphatic heterocycles. The Labute approximate surface area is 580 Å². The number of ether oxygens (including phenoxy) is 6. The third-order valence-corrected chi connectivity index (χ3v) is 16.8. The van der Waals surface area contributed by atoms with Crippen molar-refractivity contribution in [3.63, 3.8) is 0 Å². The van der Waals surface area contributed by atoms with Gasteiger partial charge in [-0.15, -0.1) is 0 Å². The smallest absolute Gasteiger partial charge is 0.220 e. The molecule has 19 nitrogen and oxygen atoms in total. The van der Waals surface area contributed by atoms with Gasteiger partial charge in [-0.1, -0.05) is 223 Å². The van der Waals surface area contributed by atoms with Gasteiger partial charge < -0.3 is 89.9 Å². The summed E-state index contributed by atoms with van der Waals surface area (Å²) in [5, 5.41) is 120. The van der Waals surface area contributed by atoms with Crippen molar-refractivity contribution < 1.29 is 89.4 Å². The zero-order chi connectivity index (χ0) is 70.4. The van der Waals surface area contributed by atoms with Crippen LogP contribution in [0, 0.1) is 0 Å². The van der Waals surface area contributed by atoms with Crippen LogP contribution in [-0.2, 0) is 33.2 Å². The van der Waals surface area contributed by atoms with Crippen LogP contribution in [0.25, 0.3) is 0 Å². The third-order valence-electron chi connectivity index (χ3n) is 16.8. The molecule has 17 atom stereocenters. The quantitative estimate of drug-likeness (QED) is 0.0199. The van der Waals surface area contributed by atoms with Crippen molar-refractivity contribution in [1.29, 1.82) is 0 Å². The lowest BCUT2D eigenvalue weighted by molar-refractivity contribution is -0.379. The first-order valence-electron chi connectivity index (χ1n) is 36.2. The van der Waals surface area contributed by atoms with Gasteiger partial charge in [-0.25, -0.2) is 0 Å². The minimum atomic E-state index is -1.99. The number of allylic oxidation sites excluding steroid dienone is 25. The Morgan fingerprint density at radius 1 is 0.381 bits per heavy atom. The average Bonchev–Trinajstić information content (AvgIpc) is 0.789. The molecule has 0 saturated carbocycles. The van der Waals surface area contributed by atoms with Crippen molar-refractivity contribution in [3.05, 3.63) is 158 Å². The van der Waals surface area contributed by atoms with Crippen molar-refractivity contribution >= 4 is 5.91 Å². The molecule has 12 N–H and O–H groups in total. The fourth-order valence-corrected chi connectivity index (χ4v) is 11.0. The second-order valence-corrected chi connectivity index (χ2v) is 24.9. The molecule has 3 fully saturated rings. The minimum Gasteiger partial charge on any atom is -0.394 e. The van der Waals surface area contributed by atoms with E-state index in [1.54, 1.807) is 6.08 Å². The summed E-state index contributed by atoms with van der Waals surface area (Å²) < 4.78 is 34.3. The van der Waals surface area contributed by atoms with Crippen molar-refractivity contribution in [2.24, 2.45) is 0 Å². The SMILES string of the molecule is CC/C=C\C/C=C\C/C=C\C/C=C\C/C=C\C/C=C\C/C=C\C/C=C\C/C=C\C/C=C\CCCCCCCCC(=O)NC(COC1OC(CO)C(OC2OC(CO)C(OC3OC(CO)C(O)C(O)C3O)C(O)C2O)C(O)C1O)C(O)/C=C/CC/C=C/CC/C=C/CCCCCCC. The number of amides is 1. The van der Waals surface area contributed by atoms with E-state index in [-0.39, 0.29) is 18.9 Å². The molecule has 97 heavy (non-hydrogen) atoms. The number of carbonyl (C=O) groups excluding carboxylic acids is 1. The van der Waals surface area contributed by atoms with E-state index < -0.39 is 124 Å². The van der Waals surface area contributed by atoms with Crippen LogP contribution in [0.5, 0.6) is 0 Å². The third kappa shape index (κ3) is 38.1. The second-order valence-electron chi connectivity index (χ2n) is 24.9. The predicted octanol–water partition coefficient (Wildman–Crippen LogP) is 10.5. The van der Waals surface area contributed by atoms with E-state index >= 15 is 0 Å². The minimum absolute atomic E-state index is 0.203. The summed E-state index contributed by atoms with van der Waals surface area (Å²) in [5.41, 5.74) is 0. The number of nitrogens with one attached hydrogen (secondary N) is 1. The normalized spacial score (nSPS) is 27.9. The van der Waals surface area contributed by atoms with Crippen molar-refractivity contribution in [3.8, 4) is 0 Å². The summed E-state index contributed by atoms with van der Waals surface area (Å²) in [6, 6.07) is -1.02. The Balaban J connectivity index is 1.39. The fourth-order valence-electron chi connectivity index (χ4n) is 11.0. The zero-order valence-electron chi connectivity index (χ0n) is 58.2. The van der Waals surface area contributed by atoms with Crippen LogP contribution in [0.4, 0.5) is 0 Å². The van der Waals surface area contributed by atoms with E-state index in [9.17, 15) is 61.0 Å². The monoisotopic (exact) mass is 1360 g/mol. The fraction of sp³-hybridized carbons (Fsp3) is 0.654. The number of aliphatic hydroxyl groups excluding tert-OH is 11. The van der Waals surface area contributed by atoms with Gasteiger partial charge in [0.05, 0.1) is 38.6 Å². The van der Waals surface area contributed by atoms with Crippen LogP contribution in [-0.4, -0.2) is 193 Å². The molecule has 0 radical (unpaired) electrons. The van der Waals surface area contributed by atoms with Crippen LogP contribution in [0.2, 0.25) is 0 Å². The van der Waals surface area contributed by atoms with Gasteiger partial charge in [0.25, 0.3) is 0 Å². The summed E-state index contributed by atoms with van der Waals surface area (Å²) in [6.45, 7) is 1.53. The molecule has 0 aliphatic carbocycles. The maximum absolute atomic E-state index is 13.4. The summed E-state index contributed by atoms with van der Waals surface area (Å²) in [4.78, 5) is 13.4. The molecule has 17 unspecified atom stereocenters. The second kappa shape index (κ2) is 57.1. The van der Waals surface area contributed by atoms with Gasteiger partial charge >= 0.3 is 0 Å². The van der Waals surface area contributed by atoms with Gasteiger partial charge in [-0.3, -0.25) is 4.79 Å². The summed E-state index contributed by atoms with van der Waals surface area (Å²) in [6.07, 6.45) is 56.5. The Morgan fingerprint density at radius 3 is 1.15 bits per heavy atom. The van der Waals surface area contributed by atoms with Gasteiger partial charge in [0.2, 0.25) is 5.91 Å².